The zero-order valence-electron chi connectivity index (χ0n) is 9.81. The molecule has 1 amide bonds. The minimum atomic E-state index is -0.0421. The smallest absolute Gasteiger partial charge is 0.216 e. The van der Waals surface area contributed by atoms with Crippen LogP contribution in [0.4, 0.5) is 0 Å². The lowest BCUT2D eigenvalue weighted by Crippen LogP contribution is -2.24. The topological polar surface area (TPSA) is 85.8 Å². The molecule has 3 N–H and O–H groups in total. The van der Waals surface area contributed by atoms with Crippen LogP contribution in [0.2, 0.25) is 0 Å². The van der Waals surface area contributed by atoms with E-state index in [2.05, 4.69) is 22.6 Å². The maximum absolute atomic E-state index is 10.7. The van der Waals surface area contributed by atoms with Gasteiger partial charge in [0, 0.05) is 13.5 Å². The number of nitrogens with one attached hydrogen (secondary N) is 1. The molecular weight excluding hydrogens is 206 g/mol. The second-order valence-corrected chi connectivity index (χ2v) is 3.78. The van der Waals surface area contributed by atoms with Crippen molar-refractivity contribution in [3.63, 3.8) is 0 Å². The molecule has 16 heavy (non-hydrogen) atoms. The molecule has 0 aliphatic carbocycles. The predicted molar refractivity (Wildman–Crippen MR) is 60.5 cm³/mol. The molecule has 0 bridgehead atoms. The molecule has 1 heterocycles. The van der Waals surface area contributed by atoms with Crippen molar-refractivity contribution in [2.24, 2.45) is 5.73 Å². The molecule has 1 aromatic heterocycles. The summed E-state index contributed by atoms with van der Waals surface area (Å²) in [6, 6.07) is -0.0421. The first-order valence-corrected chi connectivity index (χ1v) is 5.53. The second-order valence-electron chi connectivity index (χ2n) is 3.78. The van der Waals surface area contributed by atoms with E-state index in [4.69, 9.17) is 5.73 Å². The van der Waals surface area contributed by atoms with Gasteiger partial charge in [0.25, 0.3) is 0 Å². The Hall–Kier alpha value is -1.43. The molecule has 0 radical (unpaired) electrons. The summed E-state index contributed by atoms with van der Waals surface area (Å²) in [7, 11) is 0. The first-order chi connectivity index (χ1) is 7.63. The molecule has 0 saturated heterocycles. The largest absolute Gasteiger partial charge is 0.354 e. The lowest BCUT2D eigenvalue weighted by molar-refractivity contribution is -0.118. The number of carbonyl (C=O) groups excluding carboxylic acids is 1. The third kappa shape index (κ3) is 3.98. The Balaban J connectivity index is 2.41. The summed E-state index contributed by atoms with van der Waals surface area (Å²) in [5, 5.41) is 10.7. The Morgan fingerprint density at radius 1 is 1.69 bits per heavy atom. The Morgan fingerprint density at radius 3 is 3.06 bits per heavy atom. The van der Waals surface area contributed by atoms with E-state index in [1.54, 1.807) is 4.68 Å². The van der Waals surface area contributed by atoms with Crippen molar-refractivity contribution in [2.45, 2.75) is 39.3 Å². The lowest BCUT2D eigenvalue weighted by Gasteiger charge is -2.04. The second kappa shape index (κ2) is 6.22. The molecule has 6 nitrogen and oxygen atoms in total. The zero-order valence-corrected chi connectivity index (χ0v) is 9.81. The Morgan fingerprint density at radius 2 is 2.44 bits per heavy atom. The Bertz CT molecular complexity index is 336. The van der Waals surface area contributed by atoms with Gasteiger partial charge in [-0.05, 0) is 6.42 Å². The number of hydrogen-bond acceptors (Lipinski definition) is 4. The average molecular weight is 225 g/mol. The lowest BCUT2D eigenvalue weighted by atomic mass is 10.1. The molecule has 0 spiro atoms. The van der Waals surface area contributed by atoms with Crippen LogP contribution in [0.5, 0.6) is 0 Å². The van der Waals surface area contributed by atoms with Gasteiger partial charge >= 0.3 is 0 Å². The molecule has 1 atom stereocenters. The minimum Gasteiger partial charge on any atom is -0.354 e. The molecule has 1 rings (SSSR count). The highest BCUT2D eigenvalue weighted by atomic mass is 16.1. The van der Waals surface area contributed by atoms with Crippen LogP contribution in [-0.2, 0) is 11.3 Å². The zero-order chi connectivity index (χ0) is 12.0. The summed E-state index contributed by atoms with van der Waals surface area (Å²) in [6.45, 7) is 4.75. The van der Waals surface area contributed by atoms with Gasteiger partial charge in [-0.25, -0.2) is 0 Å². The van der Waals surface area contributed by atoms with E-state index in [1.807, 2.05) is 6.20 Å². The molecule has 0 aliphatic heterocycles. The number of aromatic nitrogens is 3. The molecule has 6 heteroatoms. The van der Waals surface area contributed by atoms with Crippen LogP contribution in [0.15, 0.2) is 6.20 Å². The first kappa shape index (κ1) is 12.6. The van der Waals surface area contributed by atoms with Gasteiger partial charge in [0.2, 0.25) is 5.91 Å². The number of nitrogens with zero attached hydrogens (tertiary/aromatic N) is 3. The quantitative estimate of drug-likeness (QED) is 0.725. The highest BCUT2D eigenvalue weighted by molar-refractivity contribution is 5.72. The van der Waals surface area contributed by atoms with Crippen LogP contribution in [0.1, 0.15) is 38.4 Å². The van der Waals surface area contributed by atoms with Gasteiger partial charge < -0.3 is 11.1 Å². The summed E-state index contributed by atoms with van der Waals surface area (Å²) in [6.07, 6.45) is 3.77. The highest BCUT2D eigenvalue weighted by Gasteiger charge is 2.09. The summed E-state index contributed by atoms with van der Waals surface area (Å²) in [5.74, 6) is -0.0389. The van der Waals surface area contributed by atoms with Gasteiger partial charge in [-0.2, -0.15) is 0 Å². The first-order valence-electron chi connectivity index (χ1n) is 5.53. The van der Waals surface area contributed by atoms with Crippen LogP contribution in [0.25, 0.3) is 0 Å². The summed E-state index contributed by atoms with van der Waals surface area (Å²) < 4.78 is 1.70. The van der Waals surface area contributed by atoms with Crippen molar-refractivity contribution in [2.75, 3.05) is 6.54 Å². The predicted octanol–water partition coefficient (Wildman–Crippen LogP) is 0.214. The third-order valence-corrected chi connectivity index (χ3v) is 2.25. The summed E-state index contributed by atoms with van der Waals surface area (Å²) in [5.41, 5.74) is 6.72. The van der Waals surface area contributed by atoms with Crippen molar-refractivity contribution in [3.8, 4) is 0 Å². The van der Waals surface area contributed by atoms with Crippen LogP contribution < -0.4 is 11.1 Å². The number of carbonyl (C=O) groups is 1. The van der Waals surface area contributed by atoms with Crippen molar-refractivity contribution < 1.29 is 4.79 Å². The third-order valence-electron chi connectivity index (χ3n) is 2.25. The fraction of sp³-hybridized carbons (Fsp3) is 0.700. The minimum absolute atomic E-state index is 0.0389. The van der Waals surface area contributed by atoms with Crippen LogP contribution in [0.3, 0.4) is 0 Å². The molecular formula is C10H19N5O. The van der Waals surface area contributed by atoms with Gasteiger partial charge in [0.15, 0.2) is 0 Å². The normalized spacial score (nSPS) is 12.4. The van der Waals surface area contributed by atoms with Crippen molar-refractivity contribution in [3.05, 3.63) is 11.9 Å². The van der Waals surface area contributed by atoms with Crippen LogP contribution >= 0.6 is 0 Å². The number of amides is 1. The molecule has 0 fully saturated rings. The standard InChI is InChI=1S/C10H19N5O/c1-3-4-9(11)10-7-15(14-13-10)6-5-12-8(2)16/h7,9H,3-6,11H2,1-2H3,(H,12,16). The number of hydrogen-bond donors (Lipinski definition) is 2. The summed E-state index contributed by atoms with van der Waals surface area (Å²) in [4.78, 5) is 10.7. The summed E-state index contributed by atoms with van der Waals surface area (Å²) >= 11 is 0. The Kier molecular flexibility index (Phi) is 4.91. The van der Waals surface area contributed by atoms with Crippen molar-refractivity contribution >= 4 is 5.91 Å². The van der Waals surface area contributed by atoms with E-state index >= 15 is 0 Å². The maximum Gasteiger partial charge on any atom is 0.216 e. The van der Waals surface area contributed by atoms with E-state index in [9.17, 15) is 4.79 Å². The molecule has 0 aliphatic rings. The average Bonchev–Trinajstić information content (AvgIpc) is 2.66. The van der Waals surface area contributed by atoms with Crippen molar-refractivity contribution in [1.82, 2.24) is 20.3 Å². The number of rotatable bonds is 6. The fourth-order valence-corrected chi connectivity index (χ4v) is 1.40. The monoisotopic (exact) mass is 225 g/mol. The van der Waals surface area contributed by atoms with Crippen LogP contribution in [0, 0.1) is 0 Å². The van der Waals surface area contributed by atoms with Crippen LogP contribution in [-0.4, -0.2) is 27.4 Å². The number of nitrogens with two attached hydrogens (primary N) is 1. The molecule has 0 saturated carbocycles. The SMILES string of the molecule is CCCC(N)c1cn(CCNC(C)=O)nn1. The van der Waals surface area contributed by atoms with Gasteiger partial charge in [0.05, 0.1) is 24.5 Å². The van der Waals surface area contributed by atoms with Gasteiger partial charge in [-0.1, -0.05) is 18.6 Å². The van der Waals surface area contributed by atoms with E-state index in [0.717, 1.165) is 18.5 Å². The molecule has 1 unspecified atom stereocenters. The highest BCUT2D eigenvalue weighted by Crippen LogP contribution is 2.11. The molecule has 90 valence electrons. The molecule has 0 aromatic carbocycles. The fourth-order valence-electron chi connectivity index (χ4n) is 1.40. The van der Waals surface area contributed by atoms with E-state index in [0.29, 0.717) is 13.1 Å². The van der Waals surface area contributed by atoms with Gasteiger partial charge in [-0.15, -0.1) is 5.10 Å². The maximum atomic E-state index is 10.7. The van der Waals surface area contributed by atoms with E-state index in [-0.39, 0.29) is 11.9 Å². The van der Waals surface area contributed by atoms with Crippen molar-refractivity contribution in [1.29, 1.82) is 0 Å². The van der Waals surface area contributed by atoms with Gasteiger partial charge in [-0.3, -0.25) is 9.48 Å². The van der Waals surface area contributed by atoms with Gasteiger partial charge in [0.1, 0.15) is 0 Å². The molecule has 1 aromatic rings. The van der Waals surface area contributed by atoms with E-state index < -0.39 is 0 Å². The Labute approximate surface area is 95.2 Å². The van der Waals surface area contributed by atoms with E-state index in [1.165, 1.54) is 6.92 Å².